The number of benzene rings is 2. The Labute approximate surface area is 144 Å². The SMILES string of the molecule is Cc1ccc(-c2nnc(SC(C)C(=O)Nc3ccccc3)o2)cc1. The number of anilines is 1. The number of nitrogens with one attached hydrogen (secondary N) is 1. The number of para-hydroxylation sites is 1. The van der Waals surface area contributed by atoms with E-state index in [-0.39, 0.29) is 11.2 Å². The lowest BCUT2D eigenvalue weighted by atomic mass is 10.1. The van der Waals surface area contributed by atoms with Crippen LogP contribution in [0.2, 0.25) is 0 Å². The van der Waals surface area contributed by atoms with Gasteiger partial charge >= 0.3 is 0 Å². The predicted octanol–water partition coefficient (Wildman–Crippen LogP) is 4.16. The van der Waals surface area contributed by atoms with Gasteiger partial charge in [-0.2, -0.15) is 0 Å². The summed E-state index contributed by atoms with van der Waals surface area (Å²) >= 11 is 1.24. The Morgan fingerprint density at radius 3 is 2.50 bits per heavy atom. The van der Waals surface area contributed by atoms with Crippen LogP contribution in [0.4, 0.5) is 5.69 Å². The van der Waals surface area contributed by atoms with Gasteiger partial charge in [-0.3, -0.25) is 4.79 Å². The number of thioether (sulfide) groups is 1. The lowest BCUT2D eigenvalue weighted by Gasteiger charge is -2.09. The van der Waals surface area contributed by atoms with Crippen molar-refractivity contribution in [1.82, 2.24) is 10.2 Å². The highest BCUT2D eigenvalue weighted by Gasteiger charge is 2.18. The number of hydrogen-bond acceptors (Lipinski definition) is 5. The molecule has 0 saturated heterocycles. The van der Waals surface area contributed by atoms with Crippen LogP contribution in [0.15, 0.2) is 64.2 Å². The van der Waals surface area contributed by atoms with Gasteiger partial charge in [0.15, 0.2) is 0 Å². The quantitative estimate of drug-likeness (QED) is 0.707. The van der Waals surface area contributed by atoms with E-state index in [1.165, 1.54) is 17.3 Å². The summed E-state index contributed by atoms with van der Waals surface area (Å²) < 4.78 is 5.64. The van der Waals surface area contributed by atoms with E-state index < -0.39 is 0 Å². The Morgan fingerprint density at radius 2 is 1.79 bits per heavy atom. The molecule has 0 aliphatic heterocycles. The van der Waals surface area contributed by atoms with Crippen LogP contribution in [-0.2, 0) is 4.79 Å². The molecule has 1 atom stereocenters. The van der Waals surface area contributed by atoms with E-state index in [1.807, 2.05) is 61.5 Å². The fourth-order valence-corrected chi connectivity index (χ4v) is 2.72. The molecule has 1 aromatic heterocycles. The zero-order valence-corrected chi connectivity index (χ0v) is 14.2. The number of carbonyl (C=O) groups excluding carboxylic acids is 1. The van der Waals surface area contributed by atoms with Gasteiger partial charge in [-0.1, -0.05) is 47.7 Å². The maximum Gasteiger partial charge on any atom is 0.277 e. The van der Waals surface area contributed by atoms with E-state index in [2.05, 4.69) is 15.5 Å². The first-order valence-electron chi connectivity index (χ1n) is 7.55. The normalized spacial score (nSPS) is 11.9. The van der Waals surface area contributed by atoms with E-state index in [0.717, 1.165) is 11.3 Å². The first-order valence-corrected chi connectivity index (χ1v) is 8.43. The predicted molar refractivity (Wildman–Crippen MR) is 94.9 cm³/mol. The summed E-state index contributed by atoms with van der Waals surface area (Å²) in [7, 11) is 0. The number of aromatic nitrogens is 2. The molecule has 6 heteroatoms. The number of amides is 1. The Hall–Kier alpha value is -2.60. The molecule has 1 heterocycles. The monoisotopic (exact) mass is 339 g/mol. The van der Waals surface area contributed by atoms with Crippen molar-refractivity contribution in [1.29, 1.82) is 0 Å². The molecule has 24 heavy (non-hydrogen) atoms. The van der Waals surface area contributed by atoms with Gasteiger partial charge in [-0.15, -0.1) is 10.2 Å². The molecule has 0 radical (unpaired) electrons. The van der Waals surface area contributed by atoms with Crippen molar-refractivity contribution in [3.05, 3.63) is 60.2 Å². The average Bonchev–Trinajstić information content (AvgIpc) is 3.05. The number of aryl methyl sites for hydroxylation is 1. The molecule has 3 rings (SSSR count). The largest absolute Gasteiger partial charge is 0.411 e. The number of rotatable bonds is 5. The zero-order valence-electron chi connectivity index (χ0n) is 13.4. The molecule has 122 valence electrons. The zero-order chi connectivity index (χ0) is 16.9. The van der Waals surface area contributed by atoms with Crippen LogP contribution in [-0.4, -0.2) is 21.4 Å². The second kappa shape index (κ2) is 7.31. The lowest BCUT2D eigenvalue weighted by Crippen LogP contribution is -2.22. The number of carbonyl (C=O) groups is 1. The highest BCUT2D eigenvalue weighted by atomic mass is 32.2. The van der Waals surface area contributed by atoms with Crippen molar-refractivity contribution in [2.45, 2.75) is 24.3 Å². The van der Waals surface area contributed by atoms with Gasteiger partial charge in [0.05, 0.1) is 5.25 Å². The molecule has 5 nitrogen and oxygen atoms in total. The molecule has 1 N–H and O–H groups in total. The molecule has 0 bridgehead atoms. The molecule has 0 spiro atoms. The number of nitrogens with zero attached hydrogens (tertiary/aromatic N) is 2. The summed E-state index contributed by atoms with van der Waals surface area (Å²) in [5.41, 5.74) is 2.79. The van der Waals surface area contributed by atoms with Crippen molar-refractivity contribution in [3.8, 4) is 11.5 Å². The molecule has 1 amide bonds. The van der Waals surface area contributed by atoms with E-state index in [9.17, 15) is 4.79 Å². The molecule has 3 aromatic rings. The summed E-state index contributed by atoms with van der Waals surface area (Å²) in [5.74, 6) is 0.342. The molecular weight excluding hydrogens is 322 g/mol. The fourth-order valence-electron chi connectivity index (χ4n) is 2.04. The van der Waals surface area contributed by atoms with Crippen molar-refractivity contribution >= 4 is 23.4 Å². The van der Waals surface area contributed by atoms with Crippen LogP contribution in [0.25, 0.3) is 11.5 Å². The maximum absolute atomic E-state index is 12.2. The van der Waals surface area contributed by atoms with E-state index in [0.29, 0.717) is 11.1 Å². The Balaban J connectivity index is 1.63. The second-order valence-electron chi connectivity index (χ2n) is 5.35. The van der Waals surface area contributed by atoms with Crippen LogP contribution in [0.5, 0.6) is 0 Å². The number of hydrogen-bond donors (Lipinski definition) is 1. The Morgan fingerprint density at radius 1 is 1.08 bits per heavy atom. The van der Waals surface area contributed by atoms with Crippen LogP contribution >= 0.6 is 11.8 Å². The second-order valence-corrected chi connectivity index (χ2v) is 6.65. The smallest absolute Gasteiger partial charge is 0.277 e. The fraction of sp³-hybridized carbons (Fsp3) is 0.167. The van der Waals surface area contributed by atoms with Crippen molar-refractivity contribution in [3.63, 3.8) is 0 Å². The van der Waals surface area contributed by atoms with Crippen molar-refractivity contribution in [2.24, 2.45) is 0 Å². The molecule has 0 aliphatic rings. The summed E-state index contributed by atoms with van der Waals surface area (Å²) in [5, 5.41) is 10.9. The maximum atomic E-state index is 12.2. The molecule has 1 unspecified atom stereocenters. The van der Waals surface area contributed by atoms with E-state index in [1.54, 1.807) is 6.92 Å². The minimum atomic E-state index is -0.350. The lowest BCUT2D eigenvalue weighted by molar-refractivity contribution is -0.115. The molecule has 0 saturated carbocycles. The van der Waals surface area contributed by atoms with Gasteiger partial charge in [-0.25, -0.2) is 0 Å². The molecule has 0 fully saturated rings. The van der Waals surface area contributed by atoms with Crippen LogP contribution in [0.3, 0.4) is 0 Å². The Kier molecular flexibility index (Phi) is 4.96. The van der Waals surface area contributed by atoms with Gasteiger partial charge < -0.3 is 9.73 Å². The summed E-state index contributed by atoms with van der Waals surface area (Å²) in [6.07, 6.45) is 0. The minimum absolute atomic E-state index is 0.110. The van der Waals surface area contributed by atoms with Gasteiger partial charge in [0, 0.05) is 11.3 Å². The highest BCUT2D eigenvalue weighted by molar-refractivity contribution is 8.00. The van der Waals surface area contributed by atoms with Crippen molar-refractivity contribution < 1.29 is 9.21 Å². The third-order valence-corrected chi connectivity index (χ3v) is 4.33. The van der Waals surface area contributed by atoms with Crippen molar-refractivity contribution in [2.75, 3.05) is 5.32 Å². The van der Waals surface area contributed by atoms with Crippen LogP contribution < -0.4 is 5.32 Å². The van der Waals surface area contributed by atoms with Gasteiger partial charge in [0.1, 0.15) is 0 Å². The summed E-state index contributed by atoms with van der Waals surface area (Å²) in [4.78, 5) is 12.2. The van der Waals surface area contributed by atoms with Crippen LogP contribution in [0, 0.1) is 6.92 Å². The van der Waals surface area contributed by atoms with Gasteiger partial charge in [-0.05, 0) is 38.1 Å². The molecule has 0 aliphatic carbocycles. The summed E-state index contributed by atoms with van der Waals surface area (Å²) in [6, 6.07) is 17.2. The van der Waals surface area contributed by atoms with Crippen LogP contribution in [0.1, 0.15) is 12.5 Å². The van der Waals surface area contributed by atoms with E-state index in [4.69, 9.17) is 4.42 Å². The standard InChI is InChI=1S/C18H17N3O2S/c1-12-8-10-14(11-9-12)17-20-21-18(23-17)24-13(2)16(22)19-15-6-4-3-5-7-15/h3-11,13H,1-2H3,(H,19,22). The third kappa shape index (κ3) is 4.02. The summed E-state index contributed by atoms with van der Waals surface area (Å²) in [6.45, 7) is 3.82. The minimum Gasteiger partial charge on any atom is -0.411 e. The first kappa shape index (κ1) is 16.3. The first-order chi connectivity index (χ1) is 11.6. The third-order valence-electron chi connectivity index (χ3n) is 3.39. The molecule has 2 aromatic carbocycles. The topological polar surface area (TPSA) is 68.0 Å². The van der Waals surface area contributed by atoms with Gasteiger partial charge in [0.25, 0.3) is 5.22 Å². The van der Waals surface area contributed by atoms with Gasteiger partial charge in [0.2, 0.25) is 11.8 Å². The van der Waals surface area contributed by atoms with E-state index >= 15 is 0 Å². The average molecular weight is 339 g/mol. The highest BCUT2D eigenvalue weighted by Crippen LogP contribution is 2.26. The Bertz CT molecular complexity index is 816. The molecular formula is C18H17N3O2S.